The first-order chi connectivity index (χ1) is 12.6. The first-order valence-corrected chi connectivity index (χ1v) is 10.4. The SMILES string of the molecule is CCCCOC(=O)C1=C(C)N(CCCCBr)C(O)NC1c1ccccc1. The lowest BCUT2D eigenvalue weighted by Gasteiger charge is -2.40. The van der Waals surface area contributed by atoms with Gasteiger partial charge in [-0.3, -0.25) is 5.32 Å². The number of halogens is 1. The van der Waals surface area contributed by atoms with E-state index in [4.69, 9.17) is 4.74 Å². The van der Waals surface area contributed by atoms with Gasteiger partial charge in [0.2, 0.25) is 0 Å². The monoisotopic (exact) mass is 424 g/mol. The summed E-state index contributed by atoms with van der Waals surface area (Å²) in [5.41, 5.74) is 2.30. The van der Waals surface area contributed by atoms with Gasteiger partial charge < -0.3 is 14.7 Å². The maximum absolute atomic E-state index is 12.8. The summed E-state index contributed by atoms with van der Waals surface area (Å²) in [6, 6.07) is 9.33. The molecule has 26 heavy (non-hydrogen) atoms. The van der Waals surface area contributed by atoms with Gasteiger partial charge in [-0.2, -0.15) is 0 Å². The van der Waals surface area contributed by atoms with Crippen molar-refractivity contribution in [3.63, 3.8) is 0 Å². The molecule has 0 spiro atoms. The Morgan fingerprint density at radius 3 is 2.65 bits per heavy atom. The third kappa shape index (κ3) is 5.32. The molecule has 0 fully saturated rings. The molecule has 1 aliphatic rings. The van der Waals surface area contributed by atoms with Crippen molar-refractivity contribution in [3.8, 4) is 0 Å². The van der Waals surface area contributed by atoms with Crippen LogP contribution in [0, 0.1) is 0 Å². The number of ether oxygens (including phenoxy) is 1. The van der Waals surface area contributed by atoms with Crippen molar-refractivity contribution in [3.05, 3.63) is 47.2 Å². The van der Waals surface area contributed by atoms with Gasteiger partial charge in [-0.1, -0.05) is 59.6 Å². The number of allylic oxidation sites excluding steroid dienone is 1. The van der Waals surface area contributed by atoms with E-state index in [9.17, 15) is 9.90 Å². The molecule has 1 aromatic carbocycles. The van der Waals surface area contributed by atoms with Crippen LogP contribution in [0.2, 0.25) is 0 Å². The number of alkyl halides is 1. The minimum absolute atomic E-state index is 0.310. The summed E-state index contributed by atoms with van der Waals surface area (Å²) in [6.45, 7) is 5.05. The summed E-state index contributed by atoms with van der Waals surface area (Å²) in [7, 11) is 0. The normalized spacial score (nSPS) is 20.4. The second kappa shape index (κ2) is 10.7. The fraction of sp³-hybridized carbons (Fsp3) is 0.550. The van der Waals surface area contributed by atoms with Crippen LogP contribution < -0.4 is 5.32 Å². The standard InChI is InChI=1S/C20H29BrN2O3/c1-3-4-14-26-19(24)17-15(2)23(13-9-8-12-21)20(25)22-18(17)16-10-6-5-7-11-16/h5-7,10-11,18,20,22,25H,3-4,8-9,12-14H2,1-2H3. The molecule has 0 amide bonds. The van der Waals surface area contributed by atoms with Crippen molar-refractivity contribution < 1.29 is 14.6 Å². The number of unbranched alkanes of at least 4 members (excludes halogenated alkanes) is 2. The summed E-state index contributed by atoms with van der Waals surface area (Å²) in [4.78, 5) is 14.7. The molecule has 2 rings (SSSR count). The fourth-order valence-electron chi connectivity index (χ4n) is 3.10. The summed E-state index contributed by atoms with van der Waals surface area (Å²) >= 11 is 3.43. The van der Waals surface area contributed by atoms with E-state index in [0.717, 1.165) is 42.3 Å². The van der Waals surface area contributed by atoms with Crippen molar-refractivity contribution in [2.24, 2.45) is 0 Å². The summed E-state index contributed by atoms with van der Waals surface area (Å²) in [5.74, 6) is -0.310. The largest absolute Gasteiger partial charge is 0.462 e. The van der Waals surface area contributed by atoms with Crippen LogP contribution in [0.15, 0.2) is 41.6 Å². The Bertz CT molecular complexity index is 606. The van der Waals surface area contributed by atoms with Crippen molar-refractivity contribution in [2.75, 3.05) is 18.5 Å². The van der Waals surface area contributed by atoms with Crippen molar-refractivity contribution in [1.82, 2.24) is 10.2 Å². The average Bonchev–Trinajstić information content (AvgIpc) is 2.64. The molecule has 0 bridgehead atoms. The second-order valence-electron chi connectivity index (χ2n) is 6.46. The molecular weight excluding hydrogens is 396 g/mol. The number of benzene rings is 1. The van der Waals surface area contributed by atoms with Gasteiger partial charge in [-0.15, -0.1) is 0 Å². The highest BCUT2D eigenvalue weighted by molar-refractivity contribution is 9.09. The predicted octanol–water partition coefficient (Wildman–Crippen LogP) is 3.70. The van der Waals surface area contributed by atoms with Crippen LogP contribution in [-0.2, 0) is 9.53 Å². The maximum atomic E-state index is 12.8. The van der Waals surface area contributed by atoms with Gasteiger partial charge in [-0.05, 0) is 31.7 Å². The molecule has 2 atom stereocenters. The number of rotatable bonds is 9. The number of carbonyl (C=O) groups is 1. The highest BCUT2D eigenvalue weighted by Crippen LogP contribution is 2.32. The lowest BCUT2D eigenvalue weighted by atomic mass is 9.94. The molecule has 1 aromatic rings. The van der Waals surface area contributed by atoms with Gasteiger partial charge in [-0.25, -0.2) is 4.79 Å². The van der Waals surface area contributed by atoms with E-state index in [1.807, 2.05) is 42.2 Å². The molecule has 5 nitrogen and oxygen atoms in total. The molecule has 0 aromatic heterocycles. The Labute approximate surface area is 164 Å². The Hall–Kier alpha value is -1.37. The molecule has 144 valence electrons. The predicted molar refractivity (Wildman–Crippen MR) is 107 cm³/mol. The summed E-state index contributed by atoms with van der Waals surface area (Å²) in [5, 5.41) is 14.7. The number of nitrogens with zero attached hydrogens (tertiary/aromatic N) is 1. The van der Waals surface area contributed by atoms with Crippen LogP contribution in [0.5, 0.6) is 0 Å². The van der Waals surface area contributed by atoms with E-state index in [-0.39, 0.29) is 12.0 Å². The van der Waals surface area contributed by atoms with Gasteiger partial charge in [0, 0.05) is 17.6 Å². The van der Waals surface area contributed by atoms with E-state index in [0.29, 0.717) is 18.7 Å². The Balaban J connectivity index is 2.31. The second-order valence-corrected chi connectivity index (χ2v) is 7.26. The van der Waals surface area contributed by atoms with Crippen molar-refractivity contribution >= 4 is 21.9 Å². The Morgan fingerprint density at radius 1 is 1.27 bits per heavy atom. The molecule has 0 aliphatic carbocycles. The Kier molecular flexibility index (Phi) is 8.62. The molecule has 2 N–H and O–H groups in total. The van der Waals surface area contributed by atoms with Crippen LogP contribution in [0.4, 0.5) is 0 Å². The number of hydrogen-bond donors (Lipinski definition) is 2. The van der Waals surface area contributed by atoms with Crippen LogP contribution in [0.3, 0.4) is 0 Å². The lowest BCUT2D eigenvalue weighted by molar-refractivity contribution is -0.140. The molecular formula is C20H29BrN2O3. The van der Waals surface area contributed by atoms with E-state index in [1.165, 1.54) is 0 Å². The Morgan fingerprint density at radius 2 is 2.00 bits per heavy atom. The minimum Gasteiger partial charge on any atom is -0.462 e. The molecule has 6 heteroatoms. The zero-order valence-electron chi connectivity index (χ0n) is 15.6. The number of aliphatic hydroxyl groups excluding tert-OH is 1. The topological polar surface area (TPSA) is 61.8 Å². The van der Waals surface area contributed by atoms with E-state index >= 15 is 0 Å². The molecule has 1 aliphatic heterocycles. The van der Waals surface area contributed by atoms with Gasteiger partial charge in [0.25, 0.3) is 0 Å². The van der Waals surface area contributed by atoms with E-state index < -0.39 is 6.35 Å². The summed E-state index contributed by atoms with van der Waals surface area (Å²) < 4.78 is 5.50. The molecule has 2 unspecified atom stereocenters. The number of hydrogen-bond acceptors (Lipinski definition) is 5. The third-order valence-corrected chi connectivity index (χ3v) is 5.15. The van der Waals surface area contributed by atoms with E-state index in [2.05, 4.69) is 28.2 Å². The zero-order chi connectivity index (χ0) is 18.9. The quantitative estimate of drug-likeness (QED) is 0.359. The minimum atomic E-state index is -0.831. The molecule has 0 saturated heterocycles. The van der Waals surface area contributed by atoms with Crippen LogP contribution in [0.25, 0.3) is 0 Å². The fourth-order valence-corrected chi connectivity index (χ4v) is 3.49. The van der Waals surface area contributed by atoms with Crippen molar-refractivity contribution in [2.45, 2.75) is 51.9 Å². The smallest absolute Gasteiger partial charge is 0.337 e. The third-order valence-electron chi connectivity index (χ3n) is 4.59. The number of nitrogens with one attached hydrogen (secondary N) is 1. The first kappa shape index (κ1) is 20.9. The van der Waals surface area contributed by atoms with Gasteiger partial charge >= 0.3 is 5.97 Å². The lowest BCUT2D eigenvalue weighted by Crippen LogP contribution is -2.52. The molecule has 1 heterocycles. The zero-order valence-corrected chi connectivity index (χ0v) is 17.2. The highest BCUT2D eigenvalue weighted by atomic mass is 79.9. The summed E-state index contributed by atoms with van der Waals surface area (Å²) in [6.07, 6.45) is 2.93. The van der Waals surface area contributed by atoms with Crippen LogP contribution in [-0.4, -0.2) is 40.8 Å². The van der Waals surface area contributed by atoms with Gasteiger partial charge in [0.05, 0.1) is 18.2 Å². The molecule has 0 saturated carbocycles. The van der Waals surface area contributed by atoms with E-state index in [1.54, 1.807) is 0 Å². The van der Waals surface area contributed by atoms with Crippen molar-refractivity contribution in [1.29, 1.82) is 0 Å². The first-order valence-electron chi connectivity index (χ1n) is 9.29. The molecule has 0 radical (unpaired) electrons. The highest BCUT2D eigenvalue weighted by Gasteiger charge is 2.36. The van der Waals surface area contributed by atoms with Crippen LogP contribution >= 0.6 is 15.9 Å². The number of carbonyl (C=O) groups excluding carboxylic acids is 1. The number of aliphatic hydroxyl groups is 1. The number of esters is 1. The average molecular weight is 425 g/mol. The van der Waals surface area contributed by atoms with Gasteiger partial charge in [0.1, 0.15) is 0 Å². The van der Waals surface area contributed by atoms with Crippen LogP contribution in [0.1, 0.15) is 51.1 Å². The maximum Gasteiger partial charge on any atom is 0.337 e. The van der Waals surface area contributed by atoms with Gasteiger partial charge in [0.15, 0.2) is 6.35 Å².